The van der Waals surface area contributed by atoms with Crippen LogP contribution in [0.1, 0.15) is 245 Å². The summed E-state index contributed by atoms with van der Waals surface area (Å²) in [5.41, 5.74) is 0. The first kappa shape index (κ1) is 50.6. The van der Waals surface area contributed by atoms with Gasteiger partial charge in [-0.2, -0.15) is 0 Å². The highest BCUT2D eigenvalue weighted by Gasteiger charge is 2.32. The third-order valence-corrected chi connectivity index (χ3v) is 12.0. The van der Waals surface area contributed by atoms with E-state index in [0.29, 0.717) is 31.5 Å². The maximum atomic E-state index is 12.8. The number of hydrogen-bond acceptors (Lipinski definition) is 6. The Balaban J connectivity index is 2.23. The summed E-state index contributed by atoms with van der Waals surface area (Å²) in [6, 6.07) is 1.32. The van der Waals surface area contributed by atoms with Gasteiger partial charge in [-0.3, -0.25) is 14.5 Å². The number of carbonyl (C=O) groups excluding carboxylic acids is 2. The molecule has 1 rings (SSSR count). The average molecular weight is 862 g/mol. The van der Waals surface area contributed by atoms with Gasteiger partial charge in [0.25, 0.3) is 0 Å². The molecule has 7 heteroatoms. The Morgan fingerprint density at radius 1 is 0.528 bits per heavy atom. The molecule has 6 nitrogen and oxygen atoms in total. The van der Waals surface area contributed by atoms with Crippen molar-refractivity contribution in [3.63, 3.8) is 0 Å². The molecule has 1 aliphatic heterocycles. The van der Waals surface area contributed by atoms with Gasteiger partial charge in [0.2, 0.25) is 0 Å². The van der Waals surface area contributed by atoms with Crippen LogP contribution in [-0.4, -0.2) is 54.8 Å². The zero-order chi connectivity index (χ0) is 38.5. The molecule has 1 saturated heterocycles. The van der Waals surface area contributed by atoms with Gasteiger partial charge in [0.15, 0.2) is 0 Å². The number of halogens is 1. The predicted molar refractivity (Wildman–Crippen MR) is 234 cm³/mol. The van der Waals surface area contributed by atoms with Crippen LogP contribution in [0.25, 0.3) is 0 Å². The number of nitrogens with zero attached hydrogens (tertiary/aromatic N) is 1. The third kappa shape index (κ3) is 30.4. The largest absolute Gasteiger partial charge is 0.466 e. The number of esters is 2. The molecule has 1 aliphatic rings. The summed E-state index contributed by atoms with van der Waals surface area (Å²) in [5, 5.41) is 0. The van der Waals surface area contributed by atoms with E-state index >= 15 is 0 Å². The summed E-state index contributed by atoms with van der Waals surface area (Å²) in [7, 11) is 0. The van der Waals surface area contributed by atoms with Gasteiger partial charge < -0.3 is 12.5 Å². The van der Waals surface area contributed by atoms with Gasteiger partial charge in [-0.1, -0.05) is 162 Å². The molecule has 0 saturated carbocycles. The quantitative estimate of drug-likeness (QED) is 0.0347. The van der Waals surface area contributed by atoms with Crippen LogP contribution in [0.5, 0.6) is 0 Å². The van der Waals surface area contributed by atoms with E-state index in [1.165, 1.54) is 167 Å². The summed E-state index contributed by atoms with van der Waals surface area (Å²) >= 11 is 2.03. The van der Waals surface area contributed by atoms with Crippen molar-refractivity contribution in [1.82, 2.24) is 4.90 Å². The van der Waals surface area contributed by atoms with E-state index in [0.717, 1.165) is 58.1 Å². The van der Waals surface area contributed by atoms with E-state index in [2.05, 4.69) is 25.7 Å². The van der Waals surface area contributed by atoms with Crippen molar-refractivity contribution in [3.05, 3.63) is 0 Å². The monoisotopic (exact) mass is 862 g/mol. The number of hydrogen-bond donors (Lipinski definition) is 0. The third-order valence-electron chi connectivity index (χ3n) is 11.6. The zero-order valence-corrected chi connectivity index (χ0v) is 37.6. The molecule has 0 spiro atoms. The molecular weight excluding hydrogens is 773 g/mol. The van der Waals surface area contributed by atoms with Gasteiger partial charge in [-0.25, -0.2) is 0 Å². The Morgan fingerprint density at radius 2 is 0.943 bits per heavy atom. The number of rotatable bonds is 40. The van der Waals surface area contributed by atoms with Gasteiger partial charge in [0, 0.05) is 31.5 Å². The standard InChI is InChI=1S/C46H88INO5/c1-4-7-10-13-16-23-30-40-51-45(49)35-28-21-19-24-31-42-37-38-43(48(42)39-41-52-47)32-25-20-22-29-36-46(50)53-44(33-26-17-14-11-8-5-2)34-27-18-15-12-9-6-3/h42-44H,4-41H2,1-3H3. The Kier molecular flexibility index (Phi) is 36.7. The minimum Gasteiger partial charge on any atom is -0.466 e. The summed E-state index contributed by atoms with van der Waals surface area (Å²) in [4.78, 5) is 27.7. The topological polar surface area (TPSA) is 65.1 Å². The molecule has 0 aromatic rings. The van der Waals surface area contributed by atoms with E-state index < -0.39 is 0 Å². The van der Waals surface area contributed by atoms with Gasteiger partial charge in [-0.15, -0.1) is 0 Å². The second-order valence-electron chi connectivity index (χ2n) is 16.4. The van der Waals surface area contributed by atoms with Crippen molar-refractivity contribution in [3.8, 4) is 0 Å². The second-order valence-corrected chi connectivity index (χ2v) is 17.0. The first-order valence-corrected chi connectivity index (χ1v) is 24.3. The Bertz CT molecular complexity index is 797. The minimum atomic E-state index is -0.00855. The molecule has 53 heavy (non-hydrogen) atoms. The minimum absolute atomic E-state index is 0.00855. The van der Waals surface area contributed by atoms with Crippen LogP contribution in [-0.2, 0) is 22.1 Å². The lowest BCUT2D eigenvalue weighted by Gasteiger charge is -2.30. The van der Waals surface area contributed by atoms with Crippen molar-refractivity contribution in [2.75, 3.05) is 19.8 Å². The second kappa shape index (κ2) is 38.5. The Hall–Kier alpha value is -0.410. The van der Waals surface area contributed by atoms with Crippen molar-refractivity contribution in [2.45, 2.75) is 264 Å². The van der Waals surface area contributed by atoms with Gasteiger partial charge in [-0.05, 0) is 70.6 Å². The molecule has 314 valence electrons. The molecule has 2 atom stereocenters. The van der Waals surface area contributed by atoms with E-state index in [-0.39, 0.29) is 18.0 Å². The van der Waals surface area contributed by atoms with Crippen LogP contribution in [0, 0.1) is 0 Å². The van der Waals surface area contributed by atoms with Crippen LogP contribution in [0.4, 0.5) is 0 Å². The van der Waals surface area contributed by atoms with Crippen molar-refractivity contribution in [2.24, 2.45) is 0 Å². The summed E-state index contributed by atoms with van der Waals surface area (Å²) in [6.45, 7) is 9.19. The lowest BCUT2D eigenvalue weighted by Crippen LogP contribution is -2.38. The number of ether oxygens (including phenoxy) is 2. The SMILES string of the molecule is CCCCCCCCCOC(=O)CCCCCCC1CCC(CCCCCCC(=O)OC(CCCCCCCC)CCCCCCCC)N1CCOI. The molecule has 0 amide bonds. The van der Waals surface area contributed by atoms with Gasteiger partial charge in [0.05, 0.1) is 13.2 Å². The van der Waals surface area contributed by atoms with Crippen molar-refractivity contribution >= 4 is 34.9 Å². The van der Waals surface area contributed by atoms with Crippen molar-refractivity contribution < 1.29 is 22.1 Å². The smallest absolute Gasteiger partial charge is 0.306 e. The molecule has 0 aliphatic carbocycles. The average Bonchev–Trinajstić information content (AvgIpc) is 3.54. The molecule has 1 heterocycles. The highest BCUT2D eigenvalue weighted by atomic mass is 127. The molecular formula is C46H88INO5. The van der Waals surface area contributed by atoms with Gasteiger partial charge >= 0.3 is 11.9 Å². The molecule has 1 fully saturated rings. The number of likely N-dealkylation sites (tertiary alicyclic amines) is 1. The first-order valence-electron chi connectivity index (χ1n) is 23.4. The fourth-order valence-corrected chi connectivity index (χ4v) is 8.47. The summed E-state index contributed by atoms with van der Waals surface area (Å²) in [5.74, 6) is 0.0279. The maximum absolute atomic E-state index is 12.8. The van der Waals surface area contributed by atoms with Crippen LogP contribution in [0.2, 0.25) is 0 Å². The highest BCUT2D eigenvalue weighted by molar-refractivity contribution is 14.1. The molecule has 0 aromatic carbocycles. The first-order chi connectivity index (χ1) is 26.0. The summed E-state index contributed by atoms with van der Waals surface area (Å²) < 4.78 is 17.0. The van der Waals surface area contributed by atoms with Gasteiger partial charge in [0.1, 0.15) is 29.1 Å². The van der Waals surface area contributed by atoms with Crippen molar-refractivity contribution in [1.29, 1.82) is 0 Å². The molecule has 0 aromatic heterocycles. The fourth-order valence-electron chi connectivity index (χ4n) is 8.27. The van der Waals surface area contributed by atoms with E-state index in [4.69, 9.17) is 12.5 Å². The lowest BCUT2D eigenvalue weighted by atomic mass is 10.0. The normalized spacial score (nSPS) is 16.2. The van der Waals surface area contributed by atoms with Crippen LogP contribution < -0.4 is 0 Å². The van der Waals surface area contributed by atoms with Crippen LogP contribution in [0.15, 0.2) is 0 Å². The molecule has 2 unspecified atom stereocenters. The zero-order valence-electron chi connectivity index (χ0n) is 35.5. The fraction of sp³-hybridized carbons (Fsp3) is 0.957. The maximum Gasteiger partial charge on any atom is 0.306 e. The summed E-state index contributed by atoms with van der Waals surface area (Å²) in [6.07, 6.45) is 41.7. The molecule has 0 N–H and O–H groups in total. The predicted octanol–water partition coefficient (Wildman–Crippen LogP) is 14.6. The Morgan fingerprint density at radius 3 is 1.43 bits per heavy atom. The Labute approximate surface area is 343 Å². The number of unbranched alkanes of at least 4 members (excludes halogenated alkanes) is 22. The number of carbonyl (C=O) groups is 2. The highest BCUT2D eigenvalue weighted by Crippen LogP contribution is 2.31. The van der Waals surface area contributed by atoms with Crippen LogP contribution in [0.3, 0.4) is 0 Å². The lowest BCUT2D eigenvalue weighted by molar-refractivity contribution is -0.150. The molecule has 0 radical (unpaired) electrons. The molecule has 0 bridgehead atoms. The van der Waals surface area contributed by atoms with Crippen LogP contribution >= 0.6 is 23.0 Å². The van der Waals surface area contributed by atoms with E-state index in [1.807, 2.05) is 23.0 Å². The van der Waals surface area contributed by atoms with E-state index in [9.17, 15) is 9.59 Å². The van der Waals surface area contributed by atoms with E-state index in [1.54, 1.807) is 0 Å².